The van der Waals surface area contributed by atoms with E-state index >= 15 is 0 Å². The number of unbranched alkanes of at least 4 members (excludes halogenated alkanes) is 2. The van der Waals surface area contributed by atoms with Crippen LogP contribution in [-0.4, -0.2) is 27.8 Å². The van der Waals surface area contributed by atoms with Crippen molar-refractivity contribution < 1.29 is 4.79 Å². The van der Waals surface area contributed by atoms with E-state index in [-0.39, 0.29) is 0 Å². The number of carbonyl (C=O) groups is 1. The van der Waals surface area contributed by atoms with Crippen LogP contribution in [0.4, 0.5) is 0 Å². The van der Waals surface area contributed by atoms with Crippen molar-refractivity contribution in [2.75, 3.05) is 11.5 Å². The molecule has 1 aliphatic heterocycles. The van der Waals surface area contributed by atoms with Crippen molar-refractivity contribution >= 4 is 29.3 Å². The highest BCUT2D eigenvalue weighted by molar-refractivity contribution is 8.07. The molecule has 0 aromatic rings. The number of ketones is 1. The smallest absolute Gasteiger partial charge is 0.146 e. The first-order valence-corrected chi connectivity index (χ1v) is 8.15. The van der Waals surface area contributed by atoms with E-state index < -0.39 is 0 Å². The minimum absolute atomic E-state index is 0.297. The van der Waals surface area contributed by atoms with E-state index in [1.165, 1.54) is 18.6 Å². The summed E-state index contributed by atoms with van der Waals surface area (Å²) in [6.07, 6.45) is 5.45. The van der Waals surface area contributed by atoms with Crippen LogP contribution >= 0.6 is 23.5 Å². The largest absolute Gasteiger partial charge is 0.298 e. The van der Waals surface area contributed by atoms with Crippen LogP contribution in [-0.2, 0) is 4.79 Å². The summed E-state index contributed by atoms with van der Waals surface area (Å²) >= 11 is 3.89. The topological polar surface area (TPSA) is 17.1 Å². The van der Waals surface area contributed by atoms with Crippen molar-refractivity contribution in [2.24, 2.45) is 0 Å². The van der Waals surface area contributed by atoms with Gasteiger partial charge in [0.15, 0.2) is 0 Å². The molecule has 88 valence electrons. The standard InChI is InChI=1S/C12H22OS2/c1-3-5-6-7-10(13)12-11(4-2)14-8-9-15-12/h11-12H,3-9H2,1-2H3. The zero-order valence-electron chi connectivity index (χ0n) is 9.83. The molecular formula is C12H22OS2. The van der Waals surface area contributed by atoms with E-state index in [4.69, 9.17) is 0 Å². The lowest BCUT2D eigenvalue weighted by Gasteiger charge is -2.28. The molecule has 0 spiro atoms. The molecule has 2 unspecified atom stereocenters. The lowest BCUT2D eigenvalue weighted by atomic mass is 10.1. The Morgan fingerprint density at radius 1 is 1.20 bits per heavy atom. The van der Waals surface area contributed by atoms with Crippen molar-refractivity contribution in [2.45, 2.75) is 56.5 Å². The third kappa shape index (κ3) is 4.39. The maximum absolute atomic E-state index is 12.0. The number of hydrogen-bond acceptors (Lipinski definition) is 3. The molecule has 2 atom stereocenters. The average Bonchev–Trinajstić information content (AvgIpc) is 2.29. The van der Waals surface area contributed by atoms with Gasteiger partial charge in [0.25, 0.3) is 0 Å². The van der Waals surface area contributed by atoms with Crippen LogP contribution in [0.1, 0.15) is 46.0 Å². The Labute approximate surface area is 102 Å². The van der Waals surface area contributed by atoms with E-state index in [0.717, 1.165) is 25.0 Å². The van der Waals surface area contributed by atoms with Gasteiger partial charge < -0.3 is 0 Å². The van der Waals surface area contributed by atoms with Crippen LogP contribution < -0.4 is 0 Å². The molecule has 0 saturated carbocycles. The summed E-state index contributed by atoms with van der Waals surface area (Å²) in [4.78, 5) is 12.0. The highest BCUT2D eigenvalue weighted by Crippen LogP contribution is 2.34. The first-order chi connectivity index (χ1) is 7.29. The number of thioether (sulfide) groups is 2. The Balaban J connectivity index is 2.34. The molecule has 1 saturated heterocycles. The Morgan fingerprint density at radius 3 is 2.60 bits per heavy atom. The quantitative estimate of drug-likeness (QED) is 0.664. The SMILES string of the molecule is CCCCCC(=O)C1SCCSC1CC. The lowest BCUT2D eigenvalue weighted by Crippen LogP contribution is -2.32. The highest BCUT2D eigenvalue weighted by atomic mass is 32.2. The molecule has 1 rings (SSSR count). The fourth-order valence-electron chi connectivity index (χ4n) is 1.89. The second-order valence-electron chi connectivity index (χ2n) is 4.03. The summed E-state index contributed by atoms with van der Waals surface area (Å²) in [5, 5.41) is 0.878. The second kappa shape index (κ2) is 7.61. The Kier molecular flexibility index (Phi) is 6.82. The van der Waals surface area contributed by atoms with Crippen molar-refractivity contribution in [3.63, 3.8) is 0 Å². The van der Waals surface area contributed by atoms with Gasteiger partial charge in [0.05, 0.1) is 5.25 Å². The summed E-state index contributed by atoms with van der Waals surface area (Å²) in [6, 6.07) is 0. The first-order valence-electron chi connectivity index (χ1n) is 6.05. The van der Waals surface area contributed by atoms with E-state index in [9.17, 15) is 4.79 Å². The van der Waals surface area contributed by atoms with Gasteiger partial charge in [-0.15, -0.1) is 11.8 Å². The summed E-state index contributed by atoms with van der Waals surface area (Å²) in [6.45, 7) is 4.39. The maximum Gasteiger partial charge on any atom is 0.146 e. The summed E-state index contributed by atoms with van der Waals surface area (Å²) < 4.78 is 0. The van der Waals surface area contributed by atoms with Gasteiger partial charge in [-0.1, -0.05) is 26.7 Å². The molecule has 0 bridgehead atoms. The normalized spacial score (nSPS) is 26.5. The molecule has 3 heteroatoms. The first kappa shape index (κ1) is 13.4. The van der Waals surface area contributed by atoms with Crippen molar-refractivity contribution in [3.8, 4) is 0 Å². The van der Waals surface area contributed by atoms with E-state index in [1.54, 1.807) is 0 Å². The van der Waals surface area contributed by atoms with Gasteiger partial charge >= 0.3 is 0 Å². The van der Waals surface area contributed by atoms with Crippen molar-refractivity contribution in [1.82, 2.24) is 0 Å². The van der Waals surface area contributed by atoms with Crippen LogP contribution in [0.5, 0.6) is 0 Å². The summed E-state index contributed by atoms with van der Waals surface area (Å²) in [5.74, 6) is 2.89. The van der Waals surface area contributed by atoms with Gasteiger partial charge in [0, 0.05) is 23.2 Å². The highest BCUT2D eigenvalue weighted by Gasteiger charge is 2.29. The molecule has 0 aromatic carbocycles. The van der Waals surface area contributed by atoms with Gasteiger partial charge in [0.1, 0.15) is 5.78 Å². The lowest BCUT2D eigenvalue weighted by molar-refractivity contribution is -0.118. The molecule has 15 heavy (non-hydrogen) atoms. The molecule has 0 amide bonds. The van der Waals surface area contributed by atoms with Crippen LogP contribution in [0.15, 0.2) is 0 Å². The molecule has 1 nitrogen and oxygen atoms in total. The zero-order chi connectivity index (χ0) is 11.1. The number of rotatable bonds is 6. The third-order valence-corrected chi connectivity index (χ3v) is 6.09. The average molecular weight is 246 g/mol. The molecule has 0 aliphatic carbocycles. The Hall–Kier alpha value is 0.370. The molecule has 1 heterocycles. The van der Waals surface area contributed by atoms with Gasteiger partial charge in [-0.25, -0.2) is 0 Å². The third-order valence-electron chi connectivity index (χ3n) is 2.80. The monoisotopic (exact) mass is 246 g/mol. The molecular weight excluding hydrogens is 224 g/mol. The predicted molar refractivity (Wildman–Crippen MR) is 71.9 cm³/mol. The Bertz CT molecular complexity index is 194. The van der Waals surface area contributed by atoms with E-state index in [2.05, 4.69) is 13.8 Å². The summed E-state index contributed by atoms with van der Waals surface area (Å²) in [7, 11) is 0. The zero-order valence-corrected chi connectivity index (χ0v) is 11.5. The van der Waals surface area contributed by atoms with E-state index in [0.29, 0.717) is 16.3 Å². The number of hydrogen-bond donors (Lipinski definition) is 0. The van der Waals surface area contributed by atoms with Crippen LogP contribution in [0, 0.1) is 0 Å². The van der Waals surface area contributed by atoms with Crippen molar-refractivity contribution in [1.29, 1.82) is 0 Å². The number of Topliss-reactive ketones (excluding diaryl/α,β-unsaturated/α-hetero) is 1. The summed E-state index contributed by atoms with van der Waals surface area (Å²) in [5.41, 5.74) is 0. The van der Waals surface area contributed by atoms with Crippen LogP contribution in [0.3, 0.4) is 0 Å². The van der Waals surface area contributed by atoms with Gasteiger partial charge in [0.2, 0.25) is 0 Å². The maximum atomic E-state index is 12.0. The van der Waals surface area contributed by atoms with Gasteiger partial charge in [-0.05, 0) is 12.8 Å². The molecule has 0 N–H and O–H groups in total. The van der Waals surface area contributed by atoms with Crippen LogP contribution in [0.25, 0.3) is 0 Å². The van der Waals surface area contributed by atoms with Crippen LogP contribution in [0.2, 0.25) is 0 Å². The van der Waals surface area contributed by atoms with Crippen molar-refractivity contribution in [3.05, 3.63) is 0 Å². The fraction of sp³-hybridized carbons (Fsp3) is 0.917. The Morgan fingerprint density at radius 2 is 1.93 bits per heavy atom. The molecule has 0 radical (unpaired) electrons. The molecule has 1 fully saturated rings. The second-order valence-corrected chi connectivity index (χ2v) is 6.63. The van der Waals surface area contributed by atoms with Gasteiger partial charge in [-0.3, -0.25) is 4.79 Å². The molecule has 1 aliphatic rings. The minimum atomic E-state index is 0.297. The fourth-order valence-corrected chi connectivity index (χ4v) is 4.96. The molecule has 0 aromatic heterocycles. The predicted octanol–water partition coefficient (Wildman–Crippen LogP) is 3.76. The van der Waals surface area contributed by atoms with E-state index in [1.807, 2.05) is 23.5 Å². The number of carbonyl (C=O) groups excluding carboxylic acids is 1. The minimum Gasteiger partial charge on any atom is -0.298 e. The van der Waals surface area contributed by atoms with Gasteiger partial charge in [-0.2, -0.15) is 11.8 Å².